The lowest BCUT2D eigenvalue weighted by Gasteiger charge is -2.35. The van der Waals surface area contributed by atoms with E-state index in [0.717, 1.165) is 5.75 Å². The SMILES string of the molecule is CCSC1CN(C)CCC1(F)F. The van der Waals surface area contributed by atoms with Crippen molar-refractivity contribution in [1.82, 2.24) is 4.90 Å². The van der Waals surface area contributed by atoms with Crippen LogP contribution in [-0.2, 0) is 0 Å². The number of thioether (sulfide) groups is 1. The summed E-state index contributed by atoms with van der Waals surface area (Å²) in [5.74, 6) is -1.68. The van der Waals surface area contributed by atoms with Gasteiger partial charge in [0.2, 0.25) is 0 Å². The molecule has 1 aliphatic heterocycles. The van der Waals surface area contributed by atoms with Gasteiger partial charge in [0.25, 0.3) is 5.92 Å². The smallest absolute Gasteiger partial charge is 0.262 e. The number of alkyl halides is 2. The summed E-state index contributed by atoms with van der Waals surface area (Å²) in [5, 5.41) is -0.499. The summed E-state index contributed by atoms with van der Waals surface area (Å²) in [6.45, 7) is 2.97. The monoisotopic (exact) mass is 195 g/mol. The molecule has 0 N–H and O–H groups in total. The zero-order valence-electron chi connectivity index (χ0n) is 7.52. The zero-order chi connectivity index (χ0) is 9.19. The molecule has 1 heterocycles. The van der Waals surface area contributed by atoms with Gasteiger partial charge in [-0.3, -0.25) is 0 Å². The molecule has 0 aromatic carbocycles. The molecule has 0 saturated carbocycles. The largest absolute Gasteiger partial charge is 0.305 e. The minimum atomic E-state index is -2.45. The van der Waals surface area contributed by atoms with E-state index < -0.39 is 11.2 Å². The average molecular weight is 195 g/mol. The lowest BCUT2D eigenvalue weighted by Crippen LogP contribution is -2.47. The number of rotatable bonds is 2. The minimum absolute atomic E-state index is 0.0150. The summed E-state index contributed by atoms with van der Waals surface area (Å²) in [6, 6.07) is 0. The highest BCUT2D eigenvalue weighted by Crippen LogP contribution is 2.35. The molecule has 1 unspecified atom stereocenters. The normalized spacial score (nSPS) is 30.5. The highest BCUT2D eigenvalue weighted by atomic mass is 32.2. The standard InChI is InChI=1S/C8H15F2NS/c1-3-12-7-6-11(2)5-4-8(7,9)10/h7H,3-6H2,1-2H3. The molecule has 1 atom stereocenters. The zero-order valence-corrected chi connectivity index (χ0v) is 8.33. The van der Waals surface area contributed by atoms with Crippen molar-refractivity contribution in [3.05, 3.63) is 0 Å². The maximum atomic E-state index is 13.2. The van der Waals surface area contributed by atoms with Crippen molar-refractivity contribution < 1.29 is 8.78 Å². The first-order valence-corrected chi connectivity index (χ1v) is 5.29. The second-order valence-electron chi connectivity index (χ2n) is 3.22. The van der Waals surface area contributed by atoms with E-state index in [1.165, 1.54) is 11.8 Å². The van der Waals surface area contributed by atoms with Crippen LogP contribution < -0.4 is 0 Å². The summed E-state index contributed by atoms with van der Waals surface area (Å²) < 4.78 is 26.4. The molecule has 0 aromatic rings. The molecule has 72 valence electrons. The van der Waals surface area contributed by atoms with E-state index in [9.17, 15) is 8.78 Å². The summed E-state index contributed by atoms with van der Waals surface area (Å²) in [6.07, 6.45) is 0.0150. The Kier molecular flexibility index (Phi) is 3.35. The van der Waals surface area contributed by atoms with Crippen molar-refractivity contribution in [2.45, 2.75) is 24.5 Å². The molecular weight excluding hydrogens is 180 g/mol. The van der Waals surface area contributed by atoms with Gasteiger partial charge in [-0.2, -0.15) is 11.8 Å². The minimum Gasteiger partial charge on any atom is -0.305 e. The van der Waals surface area contributed by atoms with Gasteiger partial charge in [0.05, 0.1) is 5.25 Å². The molecule has 0 amide bonds. The molecule has 0 spiro atoms. The van der Waals surface area contributed by atoms with E-state index >= 15 is 0 Å². The fraction of sp³-hybridized carbons (Fsp3) is 1.00. The van der Waals surface area contributed by atoms with Crippen molar-refractivity contribution in [3.8, 4) is 0 Å². The predicted molar refractivity (Wildman–Crippen MR) is 49.0 cm³/mol. The van der Waals surface area contributed by atoms with Gasteiger partial charge in [-0.1, -0.05) is 6.92 Å². The molecule has 4 heteroatoms. The van der Waals surface area contributed by atoms with Gasteiger partial charge in [0.1, 0.15) is 0 Å². The third-order valence-corrected chi connectivity index (χ3v) is 3.37. The van der Waals surface area contributed by atoms with E-state index in [1.54, 1.807) is 0 Å². The first-order valence-electron chi connectivity index (χ1n) is 4.24. The number of piperidine rings is 1. The van der Waals surface area contributed by atoms with Gasteiger partial charge >= 0.3 is 0 Å². The van der Waals surface area contributed by atoms with E-state index in [2.05, 4.69) is 0 Å². The van der Waals surface area contributed by atoms with Gasteiger partial charge < -0.3 is 4.90 Å². The van der Waals surface area contributed by atoms with Gasteiger partial charge in [0, 0.05) is 19.5 Å². The van der Waals surface area contributed by atoms with Crippen molar-refractivity contribution in [3.63, 3.8) is 0 Å². The van der Waals surface area contributed by atoms with Crippen LogP contribution in [0.25, 0.3) is 0 Å². The van der Waals surface area contributed by atoms with Crippen LogP contribution >= 0.6 is 11.8 Å². The molecule has 1 saturated heterocycles. The highest BCUT2D eigenvalue weighted by Gasteiger charge is 2.42. The van der Waals surface area contributed by atoms with Crippen LogP contribution in [0, 0.1) is 0 Å². The number of nitrogens with zero attached hydrogens (tertiary/aromatic N) is 1. The molecule has 0 radical (unpaired) electrons. The van der Waals surface area contributed by atoms with Crippen molar-refractivity contribution in [1.29, 1.82) is 0 Å². The predicted octanol–water partition coefficient (Wildman–Crippen LogP) is 2.08. The molecular formula is C8H15F2NS. The third kappa shape index (κ3) is 2.33. The summed E-state index contributed by atoms with van der Waals surface area (Å²) >= 11 is 1.37. The Hall–Kier alpha value is 0.170. The molecule has 0 aromatic heterocycles. The van der Waals surface area contributed by atoms with Crippen molar-refractivity contribution in [2.24, 2.45) is 0 Å². The number of hydrogen-bond acceptors (Lipinski definition) is 2. The summed E-state index contributed by atoms with van der Waals surface area (Å²) in [4.78, 5) is 1.98. The third-order valence-electron chi connectivity index (χ3n) is 2.14. The Morgan fingerprint density at radius 2 is 2.25 bits per heavy atom. The van der Waals surface area contributed by atoms with Gasteiger partial charge in [-0.25, -0.2) is 8.78 Å². The Morgan fingerprint density at radius 3 is 2.83 bits per heavy atom. The Morgan fingerprint density at radius 1 is 1.58 bits per heavy atom. The first-order chi connectivity index (χ1) is 5.56. The first kappa shape index (κ1) is 10.3. The second kappa shape index (κ2) is 3.92. The van der Waals surface area contributed by atoms with Crippen molar-refractivity contribution in [2.75, 3.05) is 25.9 Å². The lowest BCUT2D eigenvalue weighted by molar-refractivity contribution is -0.0436. The van der Waals surface area contributed by atoms with E-state index in [4.69, 9.17) is 0 Å². The number of hydrogen-bond donors (Lipinski definition) is 0. The fourth-order valence-corrected chi connectivity index (χ4v) is 2.51. The quantitative estimate of drug-likeness (QED) is 0.663. The molecule has 0 aliphatic carbocycles. The average Bonchev–Trinajstić information content (AvgIpc) is 1.98. The summed E-state index contributed by atoms with van der Waals surface area (Å²) in [5.41, 5.74) is 0. The highest BCUT2D eigenvalue weighted by molar-refractivity contribution is 7.99. The maximum absolute atomic E-state index is 13.2. The molecule has 1 fully saturated rings. The van der Waals surface area contributed by atoms with Gasteiger partial charge in [-0.05, 0) is 12.8 Å². The molecule has 1 nitrogen and oxygen atoms in total. The van der Waals surface area contributed by atoms with Crippen LogP contribution in [0.1, 0.15) is 13.3 Å². The Labute approximate surface area is 76.5 Å². The number of halogens is 2. The fourth-order valence-electron chi connectivity index (χ4n) is 1.38. The van der Waals surface area contributed by atoms with Crippen LogP contribution in [0.2, 0.25) is 0 Å². The molecule has 1 aliphatic rings. The van der Waals surface area contributed by atoms with E-state index in [-0.39, 0.29) is 6.42 Å². The topological polar surface area (TPSA) is 3.24 Å². The molecule has 12 heavy (non-hydrogen) atoms. The van der Waals surface area contributed by atoms with Gasteiger partial charge in [-0.15, -0.1) is 0 Å². The molecule has 0 bridgehead atoms. The Bertz CT molecular complexity index is 152. The van der Waals surface area contributed by atoms with Crippen LogP contribution in [-0.4, -0.2) is 42.0 Å². The second-order valence-corrected chi connectivity index (χ2v) is 4.70. The van der Waals surface area contributed by atoms with Crippen LogP contribution in [0.3, 0.4) is 0 Å². The van der Waals surface area contributed by atoms with E-state index in [0.29, 0.717) is 13.1 Å². The van der Waals surface area contributed by atoms with Crippen LogP contribution in [0.15, 0.2) is 0 Å². The van der Waals surface area contributed by atoms with Gasteiger partial charge in [0.15, 0.2) is 0 Å². The molecule has 1 rings (SSSR count). The summed E-state index contributed by atoms with van der Waals surface area (Å²) in [7, 11) is 1.90. The van der Waals surface area contributed by atoms with Crippen LogP contribution in [0.4, 0.5) is 8.78 Å². The van der Waals surface area contributed by atoms with E-state index in [1.807, 2.05) is 18.9 Å². The lowest BCUT2D eigenvalue weighted by atomic mass is 10.1. The number of likely N-dealkylation sites (tertiary alicyclic amines) is 1. The van der Waals surface area contributed by atoms with Crippen LogP contribution in [0.5, 0.6) is 0 Å². The Balaban J connectivity index is 2.52. The maximum Gasteiger partial charge on any atom is 0.262 e. The van der Waals surface area contributed by atoms with Crippen molar-refractivity contribution >= 4 is 11.8 Å².